The Kier molecular flexibility index (Phi) is 4.52. The average Bonchev–Trinajstić information content (AvgIpc) is 2.42. The van der Waals surface area contributed by atoms with Crippen LogP contribution in [-0.4, -0.2) is 13.0 Å². The quantitative estimate of drug-likeness (QED) is 0.822. The average molecular weight is 356 g/mol. The normalized spacial score (nSPS) is 10.2. The molecule has 0 saturated carbocycles. The van der Waals surface area contributed by atoms with Gasteiger partial charge in [0.05, 0.1) is 10.7 Å². The molecule has 0 bridgehead atoms. The van der Waals surface area contributed by atoms with Crippen molar-refractivity contribution in [3.8, 4) is 11.5 Å². The van der Waals surface area contributed by atoms with E-state index in [1.165, 1.54) is 0 Å². The summed E-state index contributed by atoms with van der Waals surface area (Å²) >= 11 is 9.40. The summed E-state index contributed by atoms with van der Waals surface area (Å²) in [5.41, 5.74) is 6.72. The molecule has 6 heteroatoms. The van der Waals surface area contributed by atoms with Crippen molar-refractivity contribution in [2.75, 3.05) is 12.8 Å². The Labute approximate surface area is 130 Å². The topological polar surface area (TPSA) is 64.3 Å². The van der Waals surface area contributed by atoms with Gasteiger partial charge < -0.3 is 15.8 Å². The largest absolute Gasteiger partial charge is 0.454 e. The number of anilines is 1. The van der Waals surface area contributed by atoms with E-state index < -0.39 is 0 Å². The van der Waals surface area contributed by atoms with Gasteiger partial charge in [-0.1, -0.05) is 27.5 Å². The smallest absolute Gasteiger partial charge is 0.251 e. The lowest BCUT2D eigenvalue weighted by atomic mass is 10.2. The molecule has 0 aliphatic carbocycles. The minimum absolute atomic E-state index is 0.204. The number of carbonyl (C=O) groups is 1. The van der Waals surface area contributed by atoms with Gasteiger partial charge in [0.2, 0.25) is 0 Å². The molecular weight excluding hydrogens is 344 g/mol. The molecular formula is C14H12BrClN2O2. The van der Waals surface area contributed by atoms with Crippen LogP contribution < -0.4 is 15.8 Å². The summed E-state index contributed by atoms with van der Waals surface area (Å²) in [6.45, 7) is 0. The highest BCUT2D eigenvalue weighted by atomic mass is 79.9. The maximum Gasteiger partial charge on any atom is 0.251 e. The lowest BCUT2D eigenvalue weighted by Gasteiger charge is -2.11. The van der Waals surface area contributed by atoms with Gasteiger partial charge in [-0.25, -0.2) is 0 Å². The number of hydrogen-bond donors (Lipinski definition) is 2. The van der Waals surface area contributed by atoms with Gasteiger partial charge in [0.15, 0.2) is 0 Å². The molecule has 0 heterocycles. The molecule has 4 nitrogen and oxygen atoms in total. The van der Waals surface area contributed by atoms with Crippen LogP contribution in [0.5, 0.6) is 11.5 Å². The second kappa shape index (κ2) is 6.15. The van der Waals surface area contributed by atoms with Gasteiger partial charge in [-0.2, -0.15) is 0 Å². The van der Waals surface area contributed by atoms with E-state index >= 15 is 0 Å². The van der Waals surface area contributed by atoms with Crippen LogP contribution in [0.2, 0.25) is 5.02 Å². The second-order valence-electron chi connectivity index (χ2n) is 4.01. The van der Waals surface area contributed by atoms with Crippen molar-refractivity contribution in [3.05, 3.63) is 51.5 Å². The van der Waals surface area contributed by atoms with Crippen LogP contribution >= 0.6 is 27.5 Å². The second-order valence-corrected chi connectivity index (χ2v) is 5.33. The first kappa shape index (κ1) is 14.7. The monoisotopic (exact) mass is 354 g/mol. The molecule has 1 amide bonds. The van der Waals surface area contributed by atoms with Gasteiger partial charge in [0.1, 0.15) is 11.5 Å². The highest BCUT2D eigenvalue weighted by Crippen LogP contribution is 2.34. The van der Waals surface area contributed by atoms with Crippen molar-refractivity contribution >= 4 is 39.1 Å². The first-order valence-corrected chi connectivity index (χ1v) is 6.93. The van der Waals surface area contributed by atoms with Crippen molar-refractivity contribution in [2.24, 2.45) is 0 Å². The molecule has 0 fully saturated rings. The number of carbonyl (C=O) groups excluding carboxylic acids is 1. The number of nitrogens with two attached hydrogens (primary N) is 1. The first-order valence-electron chi connectivity index (χ1n) is 5.76. The van der Waals surface area contributed by atoms with E-state index in [-0.39, 0.29) is 5.91 Å². The summed E-state index contributed by atoms with van der Waals surface area (Å²) in [4.78, 5) is 11.5. The van der Waals surface area contributed by atoms with Gasteiger partial charge in [-0.15, -0.1) is 0 Å². The van der Waals surface area contributed by atoms with Gasteiger partial charge in [0, 0.05) is 17.1 Å². The molecule has 0 aromatic heterocycles. The summed E-state index contributed by atoms with van der Waals surface area (Å²) in [5, 5.41) is 3.00. The van der Waals surface area contributed by atoms with Crippen LogP contribution in [0.1, 0.15) is 10.4 Å². The van der Waals surface area contributed by atoms with E-state index in [4.69, 9.17) is 22.1 Å². The number of rotatable bonds is 3. The fourth-order valence-electron chi connectivity index (χ4n) is 1.60. The van der Waals surface area contributed by atoms with Gasteiger partial charge in [-0.3, -0.25) is 4.79 Å². The Morgan fingerprint density at radius 1 is 1.25 bits per heavy atom. The molecule has 0 unspecified atom stereocenters. The Bertz CT molecular complexity index is 662. The lowest BCUT2D eigenvalue weighted by molar-refractivity contribution is 0.0963. The van der Waals surface area contributed by atoms with E-state index in [0.29, 0.717) is 27.8 Å². The molecule has 2 aromatic carbocycles. The molecule has 20 heavy (non-hydrogen) atoms. The van der Waals surface area contributed by atoms with E-state index in [0.717, 1.165) is 4.47 Å². The number of nitrogens with one attached hydrogen (secondary N) is 1. The summed E-state index contributed by atoms with van der Waals surface area (Å²) in [6.07, 6.45) is 0. The molecule has 104 valence electrons. The minimum Gasteiger partial charge on any atom is -0.454 e. The third-order valence-corrected chi connectivity index (χ3v) is 3.40. The van der Waals surface area contributed by atoms with Crippen molar-refractivity contribution in [3.63, 3.8) is 0 Å². The fraction of sp³-hybridized carbons (Fsp3) is 0.0714. The molecule has 3 N–H and O–H groups in total. The van der Waals surface area contributed by atoms with Gasteiger partial charge in [-0.05, 0) is 36.4 Å². The molecule has 2 aromatic rings. The van der Waals surface area contributed by atoms with Gasteiger partial charge >= 0.3 is 0 Å². The zero-order valence-electron chi connectivity index (χ0n) is 10.6. The summed E-state index contributed by atoms with van der Waals surface area (Å²) in [7, 11) is 1.56. The molecule has 2 rings (SSSR count). The van der Waals surface area contributed by atoms with Crippen molar-refractivity contribution in [1.82, 2.24) is 5.32 Å². The molecule has 0 spiro atoms. The van der Waals surface area contributed by atoms with Crippen LogP contribution in [0.4, 0.5) is 5.69 Å². The molecule has 0 saturated heterocycles. The molecule has 0 radical (unpaired) electrons. The number of benzene rings is 2. The van der Waals surface area contributed by atoms with Crippen LogP contribution in [-0.2, 0) is 0 Å². The summed E-state index contributed by atoms with van der Waals surface area (Å²) in [5.74, 6) is 0.737. The Balaban J connectivity index is 2.28. The predicted molar refractivity (Wildman–Crippen MR) is 83.5 cm³/mol. The van der Waals surface area contributed by atoms with Crippen LogP contribution in [0, 0.1) is 0 Å². The summed E-state index contributed by atoms with van der Waals surface area (Å²) in [6, 6.07) is 10.1. The lowest BCUT2D eigenvalue weighted by Crippen LogP contribution is -2.17. The Morgan fingerprint density at radius 3 is 2.55 bits per heavy atom. The number of amides is 1. The number of nitrogen functional groups attached to an aromatic ring is 1. The van der Waals surface area contributed by atoms with E-state index in [9.17, 15) is 4.79 Å². The highest BCUT2D eigenvalue weighted by molar-refractivity contribution is 9.10. The molecule has 0 aliphatic heterocycles. The number of ether oxygens (including phenoxy) is 1. The van der Waals surface area contributed by atoms with Gasteiger partial charge in [0.25, 0.3) is 5.91 Å². The van der Waals surface area contributed by atoms with E-state index in [2.05, 4.69) is 21.2 Å². The minimum atomic E-state index is -0.204. The predicted octanol–water partition coefficient (Wildman–Crippen LogP) is 3.84. The van der Waals surface area contributed by atoms with Crippen LogP contribution in [0.25, 0.3) is 0 Å². The zero-order chi connectivity index (χ0) is 14.7. The third-order valence-electron chi connectivity index (χ3n) is 2.61. The Hall–Kier alpha value is -1.72. The summed E-state index contributed by atoms with van der Waals surface area (Å²) < 4.78 is 6.51. The SMILES string of the molecule is CNC(=O)c1ccc(Oc2ccc(Br)cc2Cl)c(N)c1. The number of halogens is 2. The Morgan fingerprint density at radius 2 is 1.95 bits per heavy atom. The number of hydrogen-bond acceptors (Lipinski definition) is 3. The van der Waals surface area contributed by atoms with Crippen LogP contribution in [0.3, 0.4) is 0 Å². The van der Waals surface area contributed by atoms with Crippen molar-refractivity contribution < 1.29 is 9.53 Å². The van der Waals surface area contributed by atoms with Crippen LogP contribution in [0.15, 0.2) is 40.9 Å². The third kappa shape index (κ3) is 3.23. The standard InChI is InChI=1S/C14H12BrClN2O2/c1-18-14(19)8-2-4-13(11(17)6-8)20-12-5-3-9(15)7-10(12)16/h2-7H,17H2,1H3,(H,18,19). The van der Waals surface area contributed by atoms with E-state index in [1.54, 1.807) is 37.4 Å². The van der Waals surface area contributed by atoms with E-state index in [1.807, 2.05) is 6.07 Å². The molecule has 0 aliphatic rings. The fourth-order valence-corrected chi connectivity index (χ4v) is 2.32. The van der Waals surface area contributed by atoms with Crippen molar-refractivity contribution in [2.45, 2.75) is 0 Å². The molecule has 0 atom stereocenters. The maximum atomic E-state index is 11.5. The highest BCUT2D eigenvalue weighted by Gasteiger charge is 2.10. The maximum absolute atomic E-state index is 11.5. The first-order chi connectivity index (χ1) is 9.51. The van der Waals surface area contributed by atoms with Crippen molar-refractivity contribution in [1.29, 1.82) is 0 Å². The zero-order valence-corrected chi connectivity index (χ0v) is 13.0.